The number of hydrogen-bond acceptors (Lipinski definition) is 4. The van der Waals surface area contributed by atoms with E-state index in [9.17, 15) is 4.79 Å². The molecule has 0 bridgehead atoms. The Hall–Kier alpha value is -1.51. The molecule has 0 saturated carbocycles. The molecule has 1 aromatic rings. The van der Waals surface area contributed by atoms with Crippen LogP contribution < -0.4 is 5.32 Å². The largest absolute Gasteiger partial charge is 0.396 e. The number of anilines is 1. The van der Waals surface area contributed by atoms with Crippen LogP contribution in [0.25, 0.3) is 0 Å². The molecule has 1 rings (SSSR count). The highest BCUT2D eigenvalue weighted by Gasteiger charge is 2.12. The Morgan fingerprint density at radius 3 is 2.71 bits per heavy atom. The van der Waals surface area contributed by atoms with Gasteiger partial charge in [-0.3, -0.25) is 4.79 Å². The molecule has 1 atom stereocenters. The van der Waals surface area contributed by atoms with Crippen molar-refractivity contribution < 1.29 is 9.90 Å². The Kier molecular flexibility index (Phi) is 5.53. The van der Waals surface area contributed by atoms with Gasteiger partial charge in [0, 0.05) is 11.4 Å². The van der Waals surface area contributed by atoms with Crippen LogP contribution in [-0.2, 0) is 4.79 Å². The molecule has 2 N–H and O–H groups in total. The number of nitriles is 1. The van der Waals surface area contributed by atoms with E-state index in [1.807, 2.05) is 6.07 Å². The van der Waals surface area contributed by atoms with Gasteiger partial charge >= 0.3 is 0 Å². The summed E-state index contributed by atoms with van der Waals surface area (Å²) in [6.45, 7) is 1.86. The van der Waals surface area contributed by atoms with Gasteiger partial charge in [-0.1, -0.05) is 0 Å². The van der Waals surface area contributed by atoms with Crippen molar-refractivity contribution in [3.8, 4) is 6.07 Å². The quantitative estimate of drug-likeness (QED) is 0.832. The minimum Gasteiger partial charge on any atom is -0.396 e. The van der Waals surface area contributed by atoms with Crippen molar-refractivity contribution >= 4 is 23.4 Å². The summed E-state index contributed by atoms with van der Waals surface area (Å²) in [5.41, 5.74) is 1.23. The van der Waals surface area contributed by atoms with Crippen LogP contribution in [0, 0.1) is 11.3 Å². The fraction of sp³-hybridized carbons (Fsp3) is 0.333. The number of nitrogens with zero attached hydrogens (tertiary/aromatic N) is 1. The minimum absolute atomic E-state index is 0.0686. The van der Waals surface area contributed by atoms with Crippen LogP contribution >= 0.6 is 11.8 Å². The molecular formula is C12H14N2O2S. The molecule has 0 radical (unpaired) electrons. The Morgan fingerprint density at radius 1 is 1.53 bits per heavy atom. The summed E-state index contributed by atoms with van der Waals surface area (Å²) >= 11 is 1.40. The van der Waals surface area contributed by atoms with Gasteiger partial charge in [0.1, 0.15) is 0 Å². The highest BCUT2D eigenvalue weighted by Crippen LogP contribution is 2.14. The highest BCUT2D eigenvalue weighted by molar-refractivity contribution is 8.00. The zero-order valence-electron chi connectivity index (χ0n) is 9.51. The Morgan fingerprint density at radius 2 is 2.18 bits per heavy atom. The SMILES string of the molecule is C[C@@H](SCCO)C(=O)Nc1ccc(C#N)cc1. The lowest BCUT2D eigenvalue weighted by atomic mass is 10.2. The van der Waals surface area contributed by atoms with Crippen LogP contribution in [-0.4, -0.2) is 28.6 Å². The lowest BCUT2D eigenvalue weighted by Gasteiger charge is -2.11. The van der Waals surface area contributed by atoms with Crippen molar-refractivity contribution in [1.82, 2.24) is 0 Å². The van der Waals surface area contributed by atoms with E-state index in [4.69, 9.17) is 10.4 Å². The van der Waals surface area contributed by atoms with Crippen molar-refractivity contribution in [2.75, 3.05) is 17.7 Å². The molecule has 0 spiro atoms. The van der Waals surface area contributed by atoms with Crippen molar-refractivity contribution in [3.05, 3.63) is 29.8 Å². The normalized spacial score (nSPS) is 11.6. The molecular weight excluding hydrogens is 236 g/mol. The van der Waals surface area contributed by atoms with Gasteiger partial charge in [-0.15, -0.1) is 11.8 Å². The Balaban J connectivity index is 2.52. The zero-order valence-corrected chi connectivity index (χ0v) is 10.3. The highest BCUT2D eigenvalue weighted by atomic mass is 32.2. The fourth-order valence-electron chi connectivity index (χ4n) is 1.18. The topological polar surface area (TPSA) is 73.1 Å². The van der Waals surface area contributed by atoms with Crippen LogP contribution in [0.2, 0.25) is 0 Å². The summed E-state index contributed by atoms with van der Waals surface area (Å²) in [5, 5.41) is 19.8. The number of nitrogens with one attached hydrogen (secondary N) is 1. The van der Waals surface area contributed by atoms with Gasteiger partial charge in [-0.25, -0.2) is 0 Å². The summed E-state index contributed by atoms with van der Waals surface area (Å²) < 4.78 is 0. The van der Waals surface area contributed by atoms with E-state index in [0.29, 0.717) is 17.0 Å². The average Bonchev–Trinajstić information content (AvgIpc) is 2.36. The van der Waals surface area contributed by atoms with E-state index in [-0.39, 0.29) is 17.8 Å². The van der Waals surface area contributed by atoms with Gasteiger partial charge in [-0.2, -0.15) is 5.26 Å². The summed E-state index contributed by atoms with van der Waals surface area (Å²) in [4.78, 5) is 11.7. The minimum atomic E-state index is -0.210. The van der Waals surface area contributed by atoms with E-state index in [2.05, 4.69) is 5.32 Å². The first-order valence-electron chi connectivity index (χ1n) is 5.21. The molecule has 1 aromatic carbocycles. The van der Waals surface area contributed by atoms with Gasteiger partial charge in [0.05, 0.1) is 23.5 Å². The summed E-state index contributed by atoms with van der Waals surface area (Å²) in [6.07, 6.45) is 0. The average molecular weight is 250 g/mol. The summed E-state index contributed by atoms with van der Waals surface area (Å²) in [7, 11) is 0. The van der Waals surface area contributed by atoms with Crippen LogP contribution in [0.15, 0.2) is 24.3 Å². The third kappa shape index (κ3) is 4.47. The first-order chi connectivity index (χ1) is 8.17. The smallest absolute Gasteiger partial charge is 0.237 e. The Bertz CT molecular complexity index is 412. The molecule has 0 aliphatic rings. The molecule has 0 aliphatic heterocycles. The van der Waals surface area contributed by atoms with E-state index >= 15 is 0 Å². The number of thioether (sulfide) groups is 1. The second-order valence-electron chi connectivity index (χ2n) is 3.42. The standard InChI is InChI=1S/C12H14N2O2S/c1-9(17-7-6-15)12(16)14-11-4-2-10(8-13)3-5-11/h2-5,9,15H,6-7H2,1H3,(H,14,16)/t9-/m1/s1. The molecule has 0 saturated heterocycles. The van der Waals surface area contributed by atoms with Crippen LogP contribution in [0.3, 0.4) is 0 Å². The first kappa shape index (κ1) is 13.6. The number of benzene rings is 1. The summed E-state index contributed by atoms with van der Waals surface area (Å²) in [6, 6.07) is 8.71. The van der Waals surface area contributed by atoms with Gasteiger partial charge in [0.2, 0.25) is 5.91 Å². The molecule has 17 heavy (non-hydrogen) atoms. The van der Waals surface area contributed by atoms with E-state index in [1.54, 1.807) is 31.2 Å². The molecule has 0 aliphatic carbocycles. The van der Waals surface area contributed by atoms with Crippen LogP contribution in [0.4, 0.5) is 5.69 Å². The van der Waals surface area contributed by atoms with Crippen molar-refractivity contribution in [3.63, 3.8) is 0 Å². The van der Waals surface area contributed by atoms with Crippen LogP contribution in [0.5, 0.6) is 0 Å². The molecule has 0 unspecified atom stereocenters. The molecule has 0 fully saturated rings. The summed E-state index contributed by atoms with van der Waals surface area (Å²) in [5.74, 6) is 0.440. The predicted octanol–water partition coefficient (Wildman–Crippen LogP) is 1.61. The molecule has 0 heterocycles. The number of hydrogen-bond donors (Lipinski definition) is 2. The van der Waals surface area contributed by atoms with E-state index in [1.165, 1.54) is 11.8 Å². The van der Waals surface area contributed by atoms with Gasteiger partial charge in [0.25, 0.3) is 0 Å². The molecule has 5 heteroatoms. The lowest BCUT2D eigenvalue weighted by Crippen LogP contribution is -2.23. The monoisotopic (exact) mass is 250 g/mol. The number of carbonyl (C=O) groups excluding carboxylic acids is 1. The number of aliphatic hydroxyl groups is 1. The molecule has 4 nitrogen and oxygen atoms in total. The van der Waals surface area contributed by atoms with Gasteiger partial charge in [0.15, 0.2) is 0 Å². The van der Waals surface area contributed by atoms with Crippen LogP contribution in [0.1, 0.15) is 12.5 Å². The number of rotatable bonds is 5. The predicted molar refractivity (Wildman–Crippen MR) is 68.8 cm³/mol. The van der Waals surface area contributed by atoms with Crippen molar-refractivity contribution in [2.45, 2.75) is 12.2 Å². The first-order valence-corrected chi connectivity index (χ1v) is 6.25. The number of aliphatic hydroxyl groups excluding tert-OH is 1. The number of amides is 1. The maximum atomic E-state index is 11.7. The fourth-order valence-corrected chi connectivity index (χ4v) is 1.85. The maximum absolute atomic E-state index is 11.7. The maximum Gasteiger partial charge on any atom is 0.237 e. The second-order valence-corrected chi connectivity index (χ2v) is 4.86. The van der Waals surface area contributed by atoms with Crippen molar-refractivity contribution in [1.29, 1.82) is 5.26 Å². The van der Waals surface area contributed by atoms with Gasteiger partial charge in [-0.05, 0) is 31.2 Å². The molecule has 90 valence electrons. The van der Waals surface area contributed by atoms with E-state index in [0.717, 1.165) is 0 Å². The third-order valence-corrected chi connectivity index (χ3v) is 3.24. The van der Waals surface area contributed by atoms with E-state index < -0.39 is 0 Å². The molecule has 0 aromatic heterocycles. The van der Waals surface area contributed by atoms with Gasteiger partial charge < -0.3 is 10.4 Å². The third-order valence-electron chi connectivity index (χ3n) is 2.11. The zero-order chi connectivity index (χ0) is 12.7. The number of carbonyl (C=O) groups is 1. The lowest BCUT2D eigenvalue weighted by molar-refractivity contribution is -0.115. The second kappa shape index (κ2) is 6.94. The van der Waals surface area contributed by atoms with Crippen molar-refractivity contribution in [2.24, 2.45) is 0 Å². The Labute approximate surface area is 105 Å². The molecule has 1 amide bonds.